The fraction of sp³-hybridized carbons (Fsp3) is 0.222. The standard InChI is InChI=1S/C18H16ClN5O4/c19-9-4-8(5-12(25)15(9)26)16-22-17(20)23-18-21-10-6-13-14(7-11(10)24(16)18)28-3-1-2-27-13/h4-7,16,25-26H,1-3H2,(H3,20,21,22,23)/t16-/m0/s1. The summed E-state index contributed by atoms with van der Waals surface area (Å²) in [6, 6.07) is 6.59. The second-order valence-electron chi connectivity index (χ2n) is 6.53. The van der Waals surface area contributed by atoms with E-state index >= 15 is 0 Å². The van der Waals surface area contributed by atoms with Crippen molar-refractivity contribution in [3.8, 4) is 23.0 Å². The molecule has 0 bridgehead atoms. The van der Waals surface area contributed by atoms with Crippen molar-refractivity contribution in [3.63, 3.8) is 0 Å². The number of imidazole rings is 1. The maximum atomic E-state index is 9.99. The summed E-state index contributed by atoms with van der Waals surface area (Å²) >= 11 is 6.04. The number of anilines is 1. The molecule has 3 aromatic rings. The summed E-state index contributed by atoms with van der Waals surface area (Å²) in [5.41, 5.74) is 7.90. The van der Waals surface area contributed by atoms with Gasteiger partial charge >= 0.3 is 0 Å². The van der Waals surface area contributed by atoms with Crippen LogP contribution in [0.5, 0.6) is 23.0 Å². The third-order valence-electron chi connectivity index (χ3n) is 4.67. The Morgan fingerprint density at radius 2 is 1.89 bits per heavy atom. The number of guanidine groups is 1. The molecule has 1 atom stereocenters. The van der Waals surface area contributed by atoms with Gasteiger partial charge in [0.15, 0.2) is 35.1 Å². The van der Waals surface area contributed by atoms with Gasteiger partial charge in [-0.3, -0.25) is 9.88 Å². The summed E-state index contributed by atoms with van der Waals surface area (Å²) in [5.74, 6) is 1.19. The zero-order chi connectivity index (χ0) is 19.4. The van der Waals surface area contributed by atoms with Crippen LogP contribution in [0.15, 0.2) is 29.3 Å². The lowest BCUT2D eigenvalue weighted by atomic mass is 10.1. The number of aliphatic imine (C=N–C) groups is 1. The van der Waals surface area contributed by atoms with Crippen LogP contribution in [0.3, 0.4) is 0 Å². The van der Waals surface area contributed by atoms with E-state index in [1.54, 1.807) is 0 Å². The monoisotopic (exact) mass is 401 g/mol. The molecule has 0 saturated carbocycles. The Bertz CT molecular complexity index is 1120. The van der Waals surface area contributed by atoms with Gasteiger partial charge in [0.1, 0.15) is 0 Å². The predicted molar refractivity (Wildman–Crippen MR) is 104 cm³/mol. The van der Waals surface area contributed by atoms with Crippen LogP contribution in [-0.4, -0.2) is 38.9 Å². The largest absolute Gasteiger partial charge is 0.504 e. The summed E-state index contributed by atoms with van der Waals surface area (Å²) < 4.78 is 13.4. The number of halogens is 1. The van der Waals surface area contributed by atoms with Crippen molar-refractivity contribution in [1.82, 2.24) is 9.55 Å². The summed E-state index contributed by atoms with van der Waals surface area (Å²) in [4.78, 5) is 9.03. The number of fused-ring (bicyclic) bond motifs is 4. The SMILES string of the molecule is NC1=N[C@H](c2cc(O)c(O)c(Cl)c2)n2c(nc3cc4c(cc32)OCCCO4)N1. The number of nitrogens with two attached hydrogens (primary N) is 1. The normalized spacial score (nSPS) is 18.2. The van der Waals surface area contributed by atoms with E-state index in [-0.39, 0.29) is 22.5 Å². The van der Waals surface area contributed by atoms with E-state index in [0.717, 1.165) is 11.9 Å². The van der Waals surface area contributed by atoms with E-state index in [9.17, 15) is 10.2 Å². The number of aromatic nitrogens is 2. The number of hydrogen-bond donors (Lipinski definition) is 4. The number of ether oxygens (including phenoxy) is 2. The van der Waals surface area contributed by atoms with Crippen molar-refractivity contribution < 1.29 is 19.7 Å². The summed E-state index contributed by atoms with van der Waals surface area (Å²) in [5, 5.41) is 22.7. The first-order chi connectivity index (χ1) is 13.5. The smallest absolute Gasteiger partial charge is 0.212 e. The highest BCUT2D eigenvalue weighted by Gasteiger charge is 2.28. The zero-order valence-electron chi connectivity index (χ0n) is 14.5. The van der Waals surface area contributed by atoms with Crippen molar-refractivity contribution in [3.05, 3.63) is 34.9 Å². The summed E-state index contributed by atoms with van der Waals surface area (Å²) in [6.45, 7) is 1.14. The van der Waals surface area contributed by atoms with Crippen LogP contribution < -0.4 is 20.5 Å². The van der Waals surface area contributed by atoms with E-state index in [4.69, 9.17) is 26.8 Å². The van der Waals surface area contributed by atoms with Crippen molar-refractivity contribution in [1.29, 1.82) is 0 Å². The molecular weight excluding hydrogens is 386 g/mol. The molecule has 10 heteroatoms. The number of hydrogen-bond acceptors (Lipinski definition) is 8. The van der Waals surface area contributed by atoms with Gasteiger partial charge in [-0.25, -0.2) is 9.98 Å². The first kappa shape index (κ1) is 16.8. The lowest BCUT2D eigenvalue weighted by Crippen LogP contribution is -2.31. The Balaban J connectivity index is 1.72. The third-order valence-corrected chi connectivity index (χ3v) is 4.96. The van der Waals surface area contributed by atoms with E-state index in [0.29, 0.717) is 41.7 Å². The molecule has 28 heavy (non-hydrogen) atoms. The van der Waals surface area contributed by atoms with Crippen molar-refractivity contribution in [2.75, 3.05) is 18.5 Å². The van der Waals surface area contributed by atoms with E-state index in [1.165, 1.54) is 12.1 Å². The van der Waals surface area contributed by atoms with Gasteiger partial charge in [0, 0.05) is 24.1 Å². The van der Waals surface area contributed by atoms with Crippen LogP contribution in [0.25, 0.3) is 11.0 Å². The van der Waals surface area contributed by atoms with Crippen molar-refractivity contribution in [2.24, 2.45) is 10.7 Å². The van der Waals surface area contributed by atoms with Gasteiger partial charge < -0.3 is 25.4 Å². The Hall–Kier alpha value is -3.33. The van der Waals surface area contributed by atoms with Gasteiger partial charge in [-0.05, 0) is 12.1 Å². The van der Waals surface area contributed by atoms with Crippen LogP contribution in [0.1, 0.15) is 18.2 Å². The van der Waals surface area contributed by atoms with Crippen LogP contribution in [0, 0.1) is 0 Å². The topological polar surface area (TPSA) is 127 Å². The molecule has 0 spiro atoms. The lowest BCUT2D eigenvalue weighted by Gasteiger charge is -2.24. The molecule has 144 valence electrons. The van der Waals surface area contributed by atoms with Crippen LogP contribution in [-0.2, 0) is 0 Å². The number of benzene rings is 2. The maximum absolute atomic E-state index is 9.99. The second kappa shape index (κ2) is 6.10. The van der Waals surface area contributed by atoms with Crippen molar-refractivity contribution >= 4 is 34.5 Å². The Labute approximate surface area is 164 Å². The molecule has 0 radical (unpaired) electrons. The summed E-state index contributed by atoms with van der Waals surface area (Å²) in [7, 11) is 0. The molecule has 2 aliphatic rings. The van der Waals surface area contributed by atoms with Gasteiger partial charge in [0.25, 0.3) is 0 Å². The molecule has 5 N–H and O–H groups in total. The van der Waals surface area contributed by atoms with Gasteiger partial charge in [0.05, 0.1) is 29.3 Å². The molecule has 0 amide bonds. The Kier molecular flexibility index (Phi) is 3.66. The van der Waals surface area contributed by atoms with Crippen LogP contribution in [0.2, 0.25) is 5.02 Å². The quantitative estimate of drug-likeness (QED) is 0.461. The number of phenols is 2. The highest BCUT2D eigenvalue weighted by atomic mass is 35.5. The first-order valence-electron chi connectivity index (χ1n) is 8.64. The predicted octanol–water partition coefficient (Wildman–Crippen LogP) is 2.55. The molecule has 3 heterocycles. The number of phenolic OH excluding ortho intramolecular Hbond substituents is 2. The molecule has 1 aromatic heterocycles. The number of nitrogens with one attached hydrogen (secondary N) is 1. The average molecular weight is 402 g/mol. The van der Waals surface area contributed by atoms with E-state index in [1.807, 2.05) is 16.7 Å². The van der Waals surface area contributed by atoms with Crippen LogP contribution >= 0.6 is 11.6 Å². The molecule has 5 rings (SSSR count). The van der Waals surface area contributed by atoms with Crippen LogP contribution in [0.4, 0.5) is 5.95 Å². The molecular formula is C18H16ClN5O4. The molecule has 0 saturated heterocycles. The lowest BCUT2D eigenvalue weighted by molar-refractivity contribution is 0.297. The fourth-order valence-corrected chi connectivity index (χ4v) is 3.62. The van der Waals surface area contributed by atoms with E-state index < -0.39 is 6.17 Å². The van der Waals surface area contributed by atoms with Gasteiger partial charge in [-0.15, -0.1) is 0 Å². The van der Waals surface area contributed by atoms with Gasteiger partial charge in [-0.2, -0.15) is 0 Å². The number of rotatable bonds is 1. The molecule has 2 aliphatic heterocycles. The summed E-state index contributed by atoms with van der Waals surface area (Å²) in [6.07, 6.45) is 0.156. The van der Waals surface area contributed by atoms with Gasteiger partial charge in [0.2, 0.25) is 5.95 Å². The zero-order valence-corrected chi connectivity index (χ0v) is 15.3. The molecule has 9 nitrogen and oxygen atoms in total. The number of nitrogens with zero attached hydrogens (tertiary/aromatic N) is 3. The highest BCUT2D eigenvalue weighted by Crippen LogP contribution is 2.41. The minimum Gasteiger partial charge on any atom is -0.504 e. The average Bonchev–Trinajstić information content (AvgIpc) is 2.84. The van der Waals surface area contributed by atoms with Gasteiger partial charge in [-0.1, -0.05) is 11.6 Å². The molecule has 0 aliphatic carbocycles. The Morgan fingerprint density at radius 3 is 2.64 bits per heavy atom. The molecule has 0 unspecified atom stereocenters. The minimum absolute atomic E-state index is 0.0128. The highest BCUT2D eigenvalue weighted by molar-refractivity contribution is 6.32. The number of aromatic hydroxyl groups is 2. The minimum atomic E-state index is -0.644. The van der Waals surface area contributed by atoms with Crippen molar-refractivity contribution in [2.45, 2.75) is 12.6 Å². The Morgan fingerprint density at radius 1 is 1.14 bits per heavy atom. The maximum Gasteiger partial charge on any atom is 0.212 e. The second-order valence-corrected chi connectivity index (χ2v) is 6.93. The fourth-order valence-electron chi connectivity index (χ4n) is 3.40. The third kappa shape index (κ3) is 2.55. The molecule has 0 fully saturated rings. The molecule has 2 aromatic carbocycles. The first-order valence-corrected chi connectivity index (χ1v) is 9.02. The van der Waals surface area contributed by atoms with E-state index in [2.05, 4.69) is 15.3 Å².